The van der Waals surface area contributed by atoms with Crippen LogP contribution in [0, 0.1) is 5.41 Å². The summed E-state index contributed by atoms with van der Waals surface area (Å²) in [5.74, 6) is 0.0858. The third-order valence-corrected chi connectivity index (χ3v) is 2.20. The average molecular weight is 266 g/mol. The number of hydrogen-bond acceptors (Lipinski definition) is 3. The van der Waals surface area contributed by atoms with Crippen molar-refractivity contribution in [2.24, 2.45) is 16.5 Å². The first-order valence-corrected chi connectivity index (χ1v) is 6.08. The maximum Gasteiger partial charge on any atom is 0.214 e. The first-order chi connectivity index (χ1) is 8.90. The lowest BCUT2D eigenvalue weighted by atomic mass is 10.1. The molecule has 0 aliphatic rings. The van der Waals surface area contributed by atoms with Crippen molar-refractivity contribution >= 4 is 11.8 Å². The van der Waals surface area contributed by atoms with Gasteiger partial charge in [0.25, 0.3) is 0 Å². The number of nitrogens with zero attached hydrogens (tertiary/aromatic N) is 1. The largest absolute Gasteiger partial charge is 0.504 e. The summed E-state index contributed by atoms with van der Waals surface area (Å²) in [6, 6.07) is 4.93. The van der Waals surface area contributed by atoms with Gasteiger partial charge >= 0.3 is 0 Å². The predicted octanol–water partition coefficient (Wildman–Crippen LogP) is 1.70. The summed E-state index contributed by atoms with van der Waals surface area (Å²) in [4.78, 5) is 3.45. The summed E-state index contributed by atoms with van der Waals surface area (Å²) in [6.07, 6.45) is 2.62. The number of phenolic OH excluding ortho intramolecular Hbond substituents is 2. The fourth-order valence-electron chi connectivity index (χ4n) is 1.25. The highest BCUT2D eigenvalue weighted by Crippen LogP contribution is 2.25. The second kappa shape index (κ2) is 8.79. The molecule has 0 aliphatic carbocycles. The van der Waals surface area contributed by atoms with Crippen molar-refractivity contribution in [3.63, 3.8) is 0 Å². The van der Waals surface area contributed by atoms with Crippen LogP contribution >= 0.6 is 0 Å². The van der Waals surface area contributed by atoms with Crippen LogP contribution in [0.4, 0.5) is 0 Å². The quantitative estimate of drug-likeness (QED) is 0.324. The van der Waals surface area contributed by atoms with Gasteiger partial charge in [0.05, 0.1) is 0 Å². The number of rotatable bonds is 3. The number of nitrogens with one attached hydrogen (secondary N) is 1. The van der Waals surface area contributed by atoms with Gasteiger partial charge in [-0.1, -0.05) is 26.3 Å². The number of phenols is 2. The summed E-state index contributed by atoms with van der Waals surface area (Å²) < 4.78 is 0. The molecule has 0 amide bonds. The van der Waals surface area contributed by atoms with E-state index in [0.29, 0.717) is 12.3 Å². The molecular formula is C13H22N4O2. The molecule has 7 N–H and O–H groups in total. The van der Waals surface area contributed by atoms with Crippen LogP contribution in [0.1, 0.15) is 32.3 Å². The van der Waals surface area contributed by atoms with Crippen LogP contribution in [0.5, 0.6) is 11.5 Å². The fraction of sp³-hybridized carbons (Fsp3) is 0.385. The van der Waals surface area contributed by atoms with Crippen LogP contribution in [0.2, 0.25) is 0 Å². The zero-order valence-electron chi connectivity index (χ0n) is 11.3. The molecule has 0 aromatic heterocycles. The van der Waals surface area contributed by atoms with Crippen LogP contribution < -0.4 is 11.5 Å². The molecule has 0 unspecified atom stereocenters. The molecule has 0 atom stereocenters. The van der Waals surface area contributed by atoms with E-state index in [2.05, 4.69) is 11.9 Å². The lowest BCUT2D eigenvalue weighted by molar-refractivity contribution is 0.403. The lowest BCUT2D eigenvalue weighted by Crippen LogP contribution is -2.16. The average Bonchev–Trinajstić information content (AvgIpc) is 2.34. The SMILES string of the molecule is CC/C(N)=N/C(=N)N.CCCc1ccc(O)c(O)c1. The monoisotopic (exact) mass is 266 g/mol. The van der Waals surface area contributed by atoms with Crippen molar-refractivity contribution in [1.82, 2.24) is 0 Å². The van der Waals surface area contributed by atoms with E-state index in [1.165, 1.54) is 6.07 Å². The molecule has 0 spiro atoms. The number of guanidine groups is 1. The van der Waals surface area contributed by atoms with Gasteiger partial charge in [0.2, 0.25) is 5.96 Å². The van der Waals surface area contributed by atoms with Gasteiger partial charge in [-0.05, 0) is 24.1 Å². The van der Waals surface area contributed by atoms with Gasteiger partial charge in [-0.25, -0.2) is 4.99 Å². The molecule has 0 saturated carbocycles. The Kier molecular flexibility index (Phi) is 7.76. The minimum absolute atomic E-state index is 0.0315. The first kappa shape index (κ1) is 16.8. The van der Waals surface area contributed by atoms with Crippen molar-refractivity contribution in [1.29, 1.82) is 5.41 Å². The van der Waals surface area contributed by atoms with E-state index in [0.717, 1.165) is 18.4 Å². The Bertz CT molecular complexity index is 444. The standard InChI is InChI=1S/C9H12O2.C4H10N4/c1-2-3-7-4-5-8(10)9(11)6-7;1-2-3(5)8-4(6)7/h4-6,10-11H,2-3H2,1H3;2H2,1H3,(H5,5,6,7,8). The van der Waals surface area contributed by atoms with E-state index in [1.54, 1.807) is 6.07 Å². The molecule has 6 heteroatoms. The number of amidine groups is 1. The van der Waals surface area contributed by atoms with Gasteiger partial charge in [0, 0.05) is 6.42 Å². The normalized spacial score (nSPS) is 10.5. The van der Waals surface area contributed by atoms with Crippen molar-refractivity contribution < 1.29 is 10.2 Å². The topological polar surface area (TPSA) is 129 Å². The van der Waals surface area contributed by atoms with Crippen molar-refractivity contribution in [3.05, 3.63) is 23.8 Å². The highest BCUT2D eigenvalue weighted by atomic mass is 16.3. The van der Waals surface area contributed by atoms with E-state index in [9.17, 15) is 0 Å². The van der Waals surface area contributed by atoms with Gasteiger partial charge in [-0.2, -0.15) is 0 Å². The predicted molar refractivity (Wildman–Crippen MR) is 77.6 cm³/mol. The number of aliphatic imine (C=N–C) groups is 1. The van der Waals surface area contributed by atoms with Gasteiger partial charge < -0.3 is 21.7 Å². The molecular weight excluding hydrogens is 244 g/mol. The molecule has 1 aromatic rings. The zero-order chi connectivity index (χ0) is 14.8. The van der Waals surface area contributed by atoms with Gasteiger partial charge in [0.15, 0.2) is 11.5 Å². The zero-order valence-corrected chi connectivity index (χ0v) is 11.3. The molecule has 6 nitrogen and oxygen atoms in total. The highest BCUT2D eigenvalue weighted by Gasteiger charge is 1.98. The van der Waals surface area contributed by atoms with Crippen LogP contribution in [-0.2, 0) is 6.42 Å². The van der Waals surface area contributed by atoms with Gasteiger partial charge in [0.1, 0.15) is 5.84 Å². The Morgan fingerprint density at radius 1 is 1.21 bits per heavy atom. The summed E-state index contributed by atoms with van der Waals surface area (Å²) in [5, 5.41) is 24.7. The molecule has 1 aromatic carbocycles. The second-order valence-corrected chi connectivity index (χ2v) is 3.92. The van der Waals surface area contributed by atoms with Crippen molar-refractivity contribution in [2.45, 2.75) is 33.1 Å². The van der Waals surface area contributed by atoms with Crippen LogP contribution in [-0.4, -0.2) is 22.0 Å². The summed E-state index contributed by atoms with van der Waals surface area (Å²) >= 11 is 0. The minimum Gasteiger partial charge on any atom is -0.504 e. The van der Waals surface area contributed by atoms with Crippen LogP contribution in [0.15, 0.2) is 23.2 Å². The number of aryl methyl sites for hydroxylation is 1. The Hall–Kier alpha value is -2.24. The molecule has 0 aliphatic heterocycles. The fourth-order valence-corrected chi connectivity index (χ4v) is 1.25. The summed E-state index contributed by atoms with van der Waals surface area (Å²) in [7, 11) is 0. The summed E-state index contributed by atoms with van der Waals surface area (Å²) in [5.41, 5.74) is 11.1. The Morgan fingerprint density at radius 3 is 2.21 bits per heavy atom. The Balaban J connectivity index is 0.000000362. The smallest absolute Gasteiger partial charge is 0.214 e. The maximum absolute atomic E-state index is 9.08. The second-order valence-electron chi connectivity index (χ2n) is 3.92. The number of benzene rings is 1. The molecule has 0 radical (unpaired) electrons. The maximum atomic E-state index is 9.08. The lowest BCUT2D eigenvalue weighted by Gasteiger charge is -2.00. The Labute approximate surface area is 113 Å². The number of hydrogen-bond donors (Lipinski definition) is 5. The molecule has 0 heterocycles. The molecule has 0 bridgehead atoms. The molecule has 0 fully saturated rings. The molecule has 19 heavy (non-hydrogen) atoms. The van der Waals surface area contributed by atoms with Crippen LogP contribution in [0.3, 0.4) is 0 Å². The Morgan fingerprint density at radius 2 is 1.84 bits per heavy atom. The molecule has 1 rings (SSSR count). The van der Waals surface area contributed by atoms with Crippen molar-refractivity contribution in [3.8, 4) is 11.5 Å². The van der Waals surface area contributed by atoms with Crippen molar-refractivity contribution in [2.75, 3.05) is 0 Å². The van der Waals surface area contributed by atoms with E-state index < -0.39 is 0 Å². The van der Waals surface area contributed by atoms with E-state index in [1.807, 2.05) is 13.0 Å². The number of nitrogens with two attached hydrogens (primary N) is 2. The first-order valence-electron chi connectivity index (χ1n) is 6.08. The summed E-state index contributed by atoms with van der Waals surface area (Å²) in [6.45, 7) is 3.92. The molecule has 0 saturated heterocycles. The van der Waals surface area contributed by atoms with Crippen LogP contribution in [0.25, 0.3) is 0 Å². The van der Waals surface area contributed by atoms with Gasteiger partial charge in [-0.15, -0.1) is 0 Å². The van der Waals surface area contributed by atoms with Gasteiger partial charge in [-0.3, -0.25) is 5.41 Å². The third kappa shape index (κ3) is 7.64. The van der Waals surface area contributed by atoms with E-state index in [-0.39, 0.29) is 17.5 Å². The molecule has 106 valence electrons. The highest BCUT2D eigenvalue weighted by molar-refractivity contribution is 5.92. The minimum atomic E-state index is -0.232. The number of aromatic hydroxyl groups is 2. The van der Waals surface area contributed by atoms with E-state index in [4.69, 9.17) is 27.1 Å². The van der Waals surface area contributed by atoms with E-state index >= 15 is 0 Å². The third-order valence-electron chi connectivity index (χ3n) is 2.20.